The molecule has 0 saturated heterocycles. The fraction of sp³-hybridized carbons (Fsp3) is 0.154. The molecule has 3 rings (SSSR count). The summed E-state index contributed by atoms with van der Waals surface area (Å²) in [5.41, 5.74) is 3.37. The smallest absolute Gasteiger partial charge is 0.231 e. The monoisotopic (exact) mass is 258 g/mol. The molecule has 0 fully saturated rings. The highest BCUT2D eigenvalue weighted by molar-refractivity contribution is 7.13. The first-order valence-corrected chi connectivity index (χ1v) is 6.37. The first-order valence-electron chi connectivity index (χ1n) is 5.49. The minimum atomic E-state index is 0.106. The van der Waals surface area contributed by atoms with E-state index in [4.69, 9.17) is 0 Å². The first kappa shape index (κ1) is 11.1. The predicted molar refractivity (Wildman–Crippen MR) is 70.1 cm³/mol. The number of aromatic nitrogens is 1. The van der Waals surface area contributed by atoms with Gasteiger partial charge in [0.05, 0.1) is 6.42 Å². The fourth-order valence-electron chi connectivity index (χ4n) is 2.08. The fourth-order valence-corrected chi connectivity index (χ4v) is 2.84. The molecule has 4 nitrogen and oxygen atoms in total. The van der Waals surface area contributed by atoms with Crippen molar-refractivity contribution in [3.8, 4) is 10.6 Å². The third-order valence-electron chi connectivity index (χ3n) is 3.05. The molecule has 0 spiro atoms. The van der Waals surface area contributed by atoms with Crippen LogP contribution in [0.25, 0.3) is 10.6 Å². The van der Waals surface area contributed by atoms with Gasteiger partial charge >= 0.3 is 0 Å². The molecular weight excluding hydrogens is 248 g/mol. The van der Waals surface area contributed by atoms with Gasteiger partial charge in [-0.05, 0) is 23.8 Å². The molecule has 18 heavy (non-hydrogen) atoms. The number of amides is 1. The van der Waals surface area contributed by atoms with Crippen molar-refractivity contribution >= 4 is 29.2 Å². The van der Waals surface area contributed by atoms with E-state index in [1.165, 1.54) is 11.3 Å². The molecule has 1 aliphatic rings. The van der Waals surface area contributed by atoms with Crippen LogP contribution in [0.2, 0.25) is 0 Å². The zero-order valence-electron chi connectivity index (χ0n) is 9.71. The number of nitrogens with zero attached hydrogens (tertiary/aromatic N) is 2. The number of carbonyl (C=O) groups is 2. The highest BCUT2D eigenvalue weighted by Crippen LogP contribution is 2.32. The van der Waals surface area contributed by atoms with Gasteiger partial charge in [-0.1, -0.05) is 0 Å². The number of hydrogen-bond donors (Lipinski definition) is 0. The van der Waals surface area contributed by atoms with E-state index < -0.39 is 0 Å². The van der Waals surface area contributed by atoms with Crippen molar-refractivity contribution in [2.75, 3.05) is 11.9 Å². The van der Waals surface area contributed by atoms with Crippen LogP contribution in [0.15, 0.2) is 23.6 Å². The Morgan fingerprint density at radius 2 is 2.28 bits per heavy atom. The molecule has 0 aliphatic carbocycles. The summed E-state index contributed by atoms with van der Waals surface area (Å²) in [4.78, 5) is 28.1. The van der Waals surface area contributed by atoms with Gasteiger partial charge < -0.3 is 4.90 Å². The van der Waals surface area contributed by atoms with E-state index in [0.29, 0.717) is 12.1 Å². The van der Waals surface area contributed by atoms with Crippen LogP contribution in [0.3, 0.4) is 0 Å². The van der Waals surface area contributed by atoms with Crippen molar-refractivity contribution in [3.63, 3.8) is 0 Å². The van der Waals surface area contributed by atoms with E-state index >= 15 is 0 Å². The van der Waals surface area contributed by atoms with Gasteiger partial charge in [0.25, 0.3) is 0 Å². The number of thiazole rings is 1. The Morgan fingerprint density at radius 1 is 1.44 bits per heavy atom. The number of aldehydes is 1. The average Bonchev–Trinajstić information content (AvgIpc) is 2.95. The number of fused-ring (bicyclic) bond motifs is 1. The highest BCUT2D eigenvalue weighted by atomic mass is 32.1. The standard InChI is InChI=1S/C13H10N2O2S/c1-15-11-3-2-8(4-9(11)5-12(15)17)13-14-10(6-16)7-18-13/h2-4,6-7H,5H2,1H3. The highest BCUT2D eigenvalue weighted by Gasteiger charge is 2.24. The van der Waals surface area contributed by atoms with E-state index in [1.807, 2.05) is 18.2 Å². The third kappa shape index (κ3) is 1.64. The summed E-state index contributed by atoms with van der Waals surface area (Å²) in [6.45, 7) is 0. The van der Waals surface area contributed by atoms with Crippen LogP contribution in [-0.2, 0) is 11.2 Å². The Balaban J connectivity index is 2.03. The average molecular weight is 258 g/mol. The molecule has 0 bridgehead atoms. The number of benzene rings is 1. The summed E-state index contributed by atoms with van der Waals surface area (Å²) in [7, 11) is 1.78. The van der Waals surface area contributed by atoms with E-state index in [-0.39, 0.29) is 5.91 Å². The number of likely N-dealkylation sites (N-methyl/N-ethyl adjacent to an activating group) is 1. The van der Waals surface area contributed by atoms with E-state index in [2.05, 4.69) is 4.98 Å². The van der Waals surface area contributed by atoms with Crippen LogP contribution in [0.5, 0.6) is 0 Å². The maximum absolute atomic E-state index is 11.6. The second-order valence-corrected chi connectivity index (χ2v) is 5.03. The van der Waals surface area contributed by atoms with Crippen LogP contribution >= 0.6 is 11.3 Å². The van der Waals surface area contributed by atoms with Crippen LogP contribution in [0.4, 0.5) is 5.69 Å². The molecule has 1 amide bonds. The Bertz CT molecular complexity index is 648. The van der Waals surface area contributed by atoms with Gasteiger partial charge in [-0.2, -0.15) is 0 Å². The molecular formula is C13H10N2O2S. The van der Waals surface area contributed by atoms with Crippen LogP contribution in [0.1, 0.15) is 16.1 Å². The van der Waals surface area contributed by atoms with Gasteiger partial charge in [-0.15, -0.1) is 11.3 Å². The quantitative estimate of drug-likeness (QED) is 0.775. The van der Waals surface area contributed by atoms with Gasteiger partial charge in [0, 0.05) is 23.7 Å². The Hall–Kier alpha value is -2.01. The molecule has 2 aromatic rings. The molecule has 0 saturated carbocycles. The molecule has 1 aromatic carbocycles. The zero-order chi connectivity index (χ0) is 12.7. The number of carbonyl (C=O) groups excluding carboxylic acids is 2. The summed E-state index contributed by atoms with van der Waals surface area (Å²) >= 11 is 1.43. The lowest BCUT2D eigenvalue weighted by atomic mass is 10.1. The minimum Gasteiger partial charge on any atom is -0.315 e. The van der Waals surface area contributed by atoms with E-state index in [9.17, 15) is 9.59 Å². The normalized spacial score (nSPS) is 13.8. The third-order valence-corrected chi connectivity index (χ3v) is 3.96. The molecule has 0 atom stereocenters. The number of hydrogen-bond acceptors (Lipinski definition) is 4. The minimum absolute atomic E-state index is 0.106. The van der Waals surface area contributed by atoms with Crippen molar-refractivity contribution in [1.29, 1.82) is 0 Å². The second-order valence-electron chi connectivity index (χ2n) is 4.17. The second kappa shape index (κ2) is 4.03. The predicted octanol–water partition coefficient (Wildman–Crippen LogP) is 2.14. The first-order chi connectivity index (χ1) is 8.69. The number of anilines is 1. The Kier molecular flexibility index (Phi) is 2.48. The van der Waals surface area contributed by atoms with E-state index in [1.54, 1.807) is 17.3 Å². The molecule has 2 heterocycles. The maximum atomic E-state index is 11.6. The van der Waals surface area contributed by atoms with Gasteiger partial charge in [-0.25, -0.2) is 4.98 Å². The summed E-state index contributed by atoms with van der Waals surface area (Å²) in [6.07, 6.45) is 1.18. The van der Waals surface area contributed by atoms with Crippen molar-refractivity contribution in [3.05, 3.63) is 34.8 Å². The van der Waals surface area contributed by atoms with Crippen LogP contribution in [0, 0.1) is 0 Å². The summed E-state index contributed by atoms with van der Waals surface area (Å²) in [5.74, 6) is 0.106. The molecule has 0 radical (unpaired) electrons. The lowest BCUT2D eigenvalue weighted by molar-refractivity contribution is -0.117. The summed E-state index contributed by atoms with van der Waals surface area (Å²) in [6, 6.07) is 5.84. The number of rotatable bonds is 2. The molecule has 0 N–H and O–H groups in total. The van der Waals surface area contributed by atoms with Gasteiger partial charge in [0.1, 0.15) is 10.7 Å². The zero-order valence-corrected chi connectivity index (χ0v) is 10.5. The van der Waals surface area contributed by atoms with Crippen LogP contribution < -0.4 is 4.90 Å². The molecule has 5 heteroatoms. The van der Waals surface area contributed by atoms with E-state index in [0.717, 1.165) is 28.1 Å². The molecule has 90 valence electrons. The van der Waals surface area contributed by atoms with Crippen molar-refractivity contribution in [1.82, 2.24) is 4.98 Å². The SMILES string of the molecule is CN1C(=O)Cc2cc(-c3nc(C=O)cs3)ccc21. The molecule has 0 unspecified atom stereocenters. The van der Waals surface area contributed by atoms with Gasteiger partial charge in [-0.3, -0.25) is 9.59 Å². The lowest BCUT2D eigenvalue weighted by Crippen LogP contribution is -2.20. The van der Waals surface area contributed by atoms with Crippen molar-refractivity contribution < 1.29 is 9.59 Å². The maximum Gasteiger partial charge on any atom is 0.231 e. The Labute approximate surface area is 108 Å². The van der Waals surface area contributed by atoms with Gasteiger partial charge in [0.2, 0.25) is 5.91 Å². The largest absolute Gasteiger partial charge is 0.315 e. The topological polar surface area (TPSA) is 50.3 Å². The van der Waals surface area contributed by atoms with Gasteiger partial charge in [0.15, 0.2) is 6.29 Å². The molecule has 1 aliphatic heterocycles. The van der Waals surface area contributed by atoms with Crippen molar-refractivity contribution in [2.24, 2.45) is 0 Å². The lowest BCUT2D eigenvalue weighted by Gasteiger charge is -2.09. The van der Waals surface area contributed by atoms with Crippen molar-refractivity contribution in [2.45, 2.75) is 6.42 Å². The summed E-state index contributed by atoms with van der Waals surface area (Å²) in [5, 5.41) is 2.54. The Morgan fingerprint density at radius 3 is 3.00 bits per heavy atom. The molecule has 1 aromatic heterocycles. The van der Waals surface area contributed by atoms with Crippen LogP contribution in [-0.4, -0.2) is 24.2 Å². The summed E-state index contributed by atoms with van der Waals surface area (Å²) < 4.78 is 0.